The van der Waals surface area contributed by atoms with Crippen LogP contribution in [0.4, 0.5) is 5.69 Å². The maximum atomic E-state index is 12.9. The molecular weight excluding hydrogens is 482 g/mol. The highest BCUT2D eigenvalue weighted by molar-refractivity contribution is 8.03. The second kappa shape index (κ2) is 11.0. The number of Topliss-reactive ketones (excluding diaryl/α,β-unsaturated/α-hetero) is 1. The number of rotatable bonds is 7. The molecule has 4 rings (SSSR count). The summed E-state index contributed by atoms with van der Waals surface area (Å²) in [5, 5.41) is 17.5. The van der Waals surface area contributed by atoms with Crippen LogP contribution in [0.5, 0.6) is 5.75 Å². The van der Waals surface area contributed by atoms with E-state index in [4.69, 9.17) is 16.3 Å². The van der Waals surface area contributed by atoms with Crippen molar-refractivity contribution < 1.29 is 14.3 Å². The minimum atomic E-state index is -0.472. The van der Waals surface area contributed by atoms with Crippen molar-refractivity contribution >= 4 is 40.7 Å². The van der Waals surface area contributed by atoms with Crippen molar-refractivity contribution in [1.29, 1.82) is 5.26 Å². The monoisotopic (exact) mass is 507 g/mol. The Balaban J connectivity index is 1.61. The van der Waals surface area contributed by atoms with Gasteiger partial charge in [-0.25, -0.2) is 0 Å². The first-order valence-corrected chi connectivity index (χ1v) is 12.9. The van der Waals surface area contributed by atoms with E-state index in [0.29, 0.717) is 39.9 Å². The van der Waals surface area contributed by atoms with Crippen LogP contribution < -0.4 is 15.4 Å². The number of hydrogen-bond acceptors (Lipinski definition) is 6. The number of nitrogens with one attached hydrogen (secondary N) is 2. The fraction of sp³-hybridized carbons (Fsp3) is 0.296. The summed E-state index contributed by atoms with van der Waals surface area (Å²) in [5.41, 5.74) is 4.25. The molecule has 1 aliphatic heterocycles. The van der Waals surface area contributed by atoms with Crippen LogP contribution in [-0.4, -0.2) is 24.1 Å². The summed E-state index contributed by atoms with van der Waals surface area (Å²) in [7, 11) is 0. The lowest BCUT2D eigenvalue weighted by Crippen LogP contribution is -2.31. The standard InChI is InChI=1S/C27H26ClN3O3S/c1-3-34-18-12-10-17(11-13-18)25-19(14-29)27(31-22-8-5-9-23(32)26(22)25)35-15-24(33)30-21-7-4-6-20(28)16(21)2/h4,6-7,10-13,25,31H,3,5,8-9,15H2,1-2H3,(H,30,33)/t25-/m0/s1. The van der Waals surface area contributed by atoms with Gasteiger partial charge in [0.1, 0.15) is 5.75 Å². The molecule has 0 bridgehead atoms. The third-order valence-corrected chi connectivity index (χ3v) is 7.50. The number of allylic oxidation sites excluding steroid dienone is 3. The van der Waals surface area contributed by atoms with Crippen molar-refractivity contribution in [1.82, 2.24) is 5.32 Å². The molecule has 1 aliphatic carbocycles. The van der Waals surface area contributed by atoms with Crippen LogP contribution >= 0.6 is 23.4 Å². The van der Waals surface area contributed by atoms with Crippen LogP contribution in [0.1, 0.15) is 43.2 Å². The Bertz CT molecular complexity index is 1260. The number of amides is 1. The zero-order valence-corrected chi connectivity index (χ0v) is 21.2. The number of carbonyl (C=O) groups excluding carboxylic acids is 2. The zero-order valence-electron chi connectivity index (χ0n) is 19.6. The van der Waals surface area contributed by atoms with Crippen molar-refractivity contribution in [2.75, 3.05) is 17.7 Å². The van der Waals surface area contributed by atoms with E-state index >= 15 is 0 Å². The minimum Gasteiger partial charge on any atom is -0.494 e. The highest BCUT2D eigenvalue weighted by atomic mass is 35.5. The highest BCUT2D eigenvalue weighted by Gasteiger charge is 2.37. The van der Waals surface area contributed by atoms with E-state index < -0.39 is 5.92 Å². The van der Waals surface area contributed by atoms with E-state index in [2.05, 4.69) is 16.7 Å². The van der Waals surface area contributed by atoms with Gasteiger partial charge >= 0.3 is 0 Å². The van der Waals surface area contributed by atoms with Gasteiger partial charge in [0.05, 0.1) is 34.9 Å². The molecule has 0 unspecified atom stereocenters. The maximum absolute atomic E-state index is 12.9. The summed E-state index contributed by atoms with van der Waals surface area (Å²) in [6, 6.07) is 15.2. The van der Waals surface area contributed by atoms with Crippen molar-refractivity contribution in [3.63, 3.8) is 0 Å². The Kier molecular flexibility index (Phi) is 7.84. The van der Waals surface area contributed by atoms with Crippen molar-refractivity contribution in [3.8, 4) is 11.8 Å². The van der Waals surface area contributed by atoms with Gasteiger partial charge in [-0.15, -0.1) is 0 Å². The summed E-state index contributed by atoms with van der Waals surface area (Å²) < 4.78 is 5.55. The third-order valence-electron chi connectivity index (χ3n) is 6.08. The summed E-state index contributed by atoms with van der Waals surface area (Å²) in [6.45, 7) is 4.32. The SMILES string of the molecule is CCOc1ccc([C@H]2C(C#N)=C(SCC(=O)Nc3cccc(Cl)c3C)NC3=C2C(=O)CCC3)cc1. The first kappa shape index (κ1) is 24.9. The van der Waals surface area contributed by atoms with Crippen LogP contribution in [0.3, 0.4) is 0 Å². The number of halogens is 1. The average Bonchev–Trinajstić information content (AvgIpc) is 2.85. The lowest BCUT2D eigenvalue weighted by molar-refractivity contribution is -0.116. The van der Waals surface area contributed by atoms with Gasteiger partial charge < -0.3 is 15.4 Å². The van der Waals surface area contributed by atoms with Gasteiger partial charge in [0.15, 0.2) is 5.78 Å². The molecule has 0 saturated carbocycles. The number of ether oxygens (including phenoxy) is 1. The van der Waals surface area contributed by atoms with Gasteiger partial charge in [0, 0.05) is 28.4 Å². The van der Waals surface area contributed by atoms with Gasteiger partial charge in [-0.1, -0.05) is 41.6 Å². The van der Waals surface area contributed by atoms with Crippen LogP contribution in [0.25, 0.3) is 0 Å². The summed E-state index contributed by atoms with van der Waals surface area (Å²) in [6.07, 6.45) is 1.96. The molecular formula is C27H26ClN3O3S. The van der Waals surface area contributed by atoms with Crippen molar-refractivity contribution in [2.24, 2.45) is 0 Å². The molecule has 1 atom stereocenters. The number of ketones is 1. The summed E-state index contributed by atoms with van der Waals surface area (Å²) in [4.78, 5) is 25.7. The molecule has 0 spiro atoms. The topological polar surface area (TPSA) is 91.2 Å². The largest absolute Gasteiger partial charge is 0.494 e. The van der Waals surface area contributed by atoms with Crippen LogP contribution in [0.15, 0.2) is 64.3 Å². The number of nitriles is 1. The molecule has 1 amide bonds. The Morgan fingerprint density at radius 1 is 1.26 bits per heavy atom. The fourth-order valence-electron chi connectivity index (χ4n) is 4.36. The first-order valence-electron chi connectivity index (χ1n) is 11.5. The van der Waals surface area contributed by atoms with E-state index in [9.17, 15) is 14.9 Å². The molecule has 0 saturated heterocycles. The lowest BCUT2D eigenvalue weighted by atomic mass is 9.77. The molecule has 2 aliphatic rings. The maximum Gasteiger partial charge on any atom is 0.234 e. The number of anilines is 1. The Morgan fingerprint density at radius 3 is 2.74 bits per heavy atom. The van der Waals surface area contributed by atoms with Crippen molar-refractivity contribution in [3.05, 3.63) is 80.5 Å². The molecule has 0 aromatic heterocycles. The minimum absolute atomic E-state index is 0.0589. The molecule has 35 heavy (non-hydrogen) atoms. The van der Waals surface area contributed by atoms with E-state index in [1.807, 2.05) is 38.1 Å². The second-order valence-electron chi connectivity index (χ2n) is 8.33. The molecule has 2 aromatic rings. The normalized spacial score (nSPS) is 17.4. The van der Waals surface area contributed by atoms with Crippen molar-refractivity contribution in [2.45, 2.75) is 39.0 Å². The third kappa shape index (κ3) is 5.39. The Morgan fingerprint density at radius 2 is 2.03 bits per heavy atom. The number of hydrogen-bond donors (Lipinski definition) is 2. The molecule has 180 valence electrons. The fourth-order valence-corrected chi connectivity index (χ4v) is 5.40. The van der Waals surface area contributed by atoms with E-state index in [0.717, 1.165) is 35.4 Å². The Labute approximate surface area is 214 Å². The smallest absolute Gasteiger partial charge is 0.234 e. The number of dihydropyridines is 1. The van der Waals surface area contributed by atoms with Crippen LogP contribution in [-0.2, 0) is 9.59 Å². The van der Waals surface area contributed by atoms with E-state index in [-0.39, 0.29) is 17.4 Å². The number of nitrogens with zero attached hydrogens (tertiary/aromatic N) is 1. The number of thioether (sulfide) groups is 1. The van der Waals surface area contributed by atoms with E-state index in [1.54, 1.807) is 18.2 Å². The van der Waals surface area contributed by atoms with Gasteiger partial charge in [-0.3, -0.25) is 9.59 Å². The highest BCUT2D eigenvalue weighted by Crippen LogP contribution is 2.44. The van der Waals surface area contributed by atoms with E-state index in [1.165, 1.54) is 11.8 Å². The lowest BCUT2D eigenvalue weighted by Gasteiger charge is -2.33. The van der Waals surface area contributed by atoms with Gasteiger partial charge in [-0.2, -0.15) is 5.26 Å². The second-order valence-corrected chi connectivity index (χ2v) is 9.73. The molecule has 8 heteroatoms. The Hall–Kier alpha value is -3.21. The number of carbonyl (C=O) groups is 2. The van der Waals surface area contributed by atoms with Crippen LogP contribution in [0, 0.1) is 18.3 Å². The first-order chi connectivity index (χ1) is 16.9. The molecule has 6 nitrogen and oxygen atoms in total. The predicted octanol–water partition coefficient (Wildman–Crippen LogP) is 5.85. The molecule has 0 fully saturated rings. The summed E-state index contributed by atoms with van der Waals surface area (Å²) in [5.74, 6) is 0.221. The summed E-state index contributed by atoms with van der Waals surface area (Å²) >= 11 is 7.43. The predicted molar refractivity (Wildman–Crippen MR) is 139 cm³/mol. The average molecular weight is 508 g/mol. The van der Waals surface area contributed by atoms with Crippen LogP contribution in [0.2, 0.25) is 5.02 Å². The quantitative estimate of drug-likeness (QED) is 0.488. The molecule has 2 N–H and O–H groups in total. The van der Waals surface area contributed by atoms with Gasteiger partial charge in [-0.05, 0) is 62.1 Å². The van der Waals surface area contributed by atoms with Gasteiger partial charge in [0.2, 0.25) is 5.91 Å². The van der Waals surface area contributed by atoms with Gasteiger partial charge in [0.25, 0.3) is 0 Å². The molecule has 0 radical (unpaired) electrons. The zero-order chi connectivity index (χ0) is 24.9. The number of benzene rings is 2. The molecule has 2 aromatic carbocycles. The molecule has 1 heterocycles.